The van der Waals surface area contributed by atoms with Crippen LogP contribution in [0.3, 0.4) is 0 Å². The molecule has 1 fully saturated rings. The first kappa shape index (κ1) is 28.5. The molecule has 0 bridgehead atoms. The summed E-state index contributed by atoms with van der Waals surface area (Å²) in [6, 6.07) is 13.1. The lowest BCUT2D eigenvalue weighted by molar-refractivity contribution is 0.0985. The van der Waals surface area contributed by atoms with E-state index in [4.69, 9.17) is 16.3 Å². The first-order valence-electron chi connectivity index (χ1n) is 14.2. The molecule has 8 nitrogen and oxygen atoms in total. The van der Waals surface area contributed by atoms with E-state index >= 15 is 0 Å². The number of aromatic nitrogens is 2. The molecule has 0 atom stereocenters. The van der Waals surface area contributed by atoms with Gasteiger partial charge in [0.2, 0.25) is 0 Å². The second-order valence-corrected chi connectivity index (χ2v) is 12.4. The van der Waals surface area contributed by atoms with Gasteiger partial charge in [-0.1, -0.05) is 44.5 Å². The Hall–Kier alpha value is -3.07. The molecule has 1 amide bonds. The van der Waals surface area contributed by atoms with E-state index in [1.807, 2.05) is 31.3 Å². The largest absolute Gasteiger partial charge is 0.492 e. The quantitative estimate of drug-likeness (QED) is 0.349. The Labute approximate surface area is 242 Å². The molecule has 9 heteroatoms. The smallest absolute Gasteiger partial charge is 0.258 e. The van der Waals surface area contributed by atoms with Crippen LogP contribution in [-0.4, -0.2) is 71.4 Å². The van der Waals surface area contributed by atoms with Crippen LogP contribution >= 0.6 is 11.6 Å². The molecule has 1 N–H and O–H groups in total. The lowest BCUT2D eigenvalue weighted by Gasteiger charge is -2.35. The molecule has 1 saturated heterocycles. The first-order valence-corrected chi connectivity index (χ1v) is 14.6. The summed E-state index contributed by atoms with van der Waals surface area (Å²) in [6.45, 7) is 14.6. The van der Waals surface area contributed by atoms with Crippen molar-refractivity contribution in [2.24, 2.45) is 12.5 Å². The highest BCUT2D eigenvalue weighted by atomic mass is 35.5. The molecule has 0 spiro atoms. The van der Waals surface area contributed by atoms with Gasteiger partial charge >= 0.3 is 0 Å². The average molecular weight is 565 g/mol. The summed E-state index contributed by atoms with van der Waals surface area (Å²) in [5.74, 6) is 1.37. The van der Waals surface area contributed by atoms with Crippen LogP contribution in [0.4, 0.5) is 17.2 Å². The lowest BCUT2D eigenvalue weighted by Crippen LogP contribution is -2.47. The molecule has 1 aromatic heterocycles. The number of ether oxygens (including phenoxy) is 1. The van der Waals surface area contributed by atoms with Gasteiger partial charge in [-0.25, -0.2) is 0 Å². The number of anilines is 3. The zero-order valence-corrected chi connectivity index (χ0v) is 24.9. The zero-order chi connectivity index (χ0) is 28.3. The van der Waals surface area contributed by atoms with E-state index in [0.717, 1.165) is 61.9 Å². The number of para-hydroxylation sites is 2. The third-order valence-corrected chi connectivity index (χ3v) is 8.03. The van der Waals surface area contributed by atoms with Gasteiger partial charge in [-0.3, -0.25) is 9.48 Å². The van der Waals surface area contributed by atoms with E-state index in [2.05, 4.69) is 41.0 Å². The van der Waals surface area contributed by atoms with Gasteiger partial charge in [0.05, 0.1) is 35.7 Å². The summed E-state index contributed by atoms with van der Waals surface area (Å²) in [7, 11) is 1.89. The number of hydrogen-bond acceptors (Lipinski definition) is 6. The minimum absolute atomic E-state index is 0.124. The maximum atomic E-state index is 13.7. The fourth-order valence-corrected chi connectivity index (χ4v) is 5.48. The topological polar surface area (TPSA) is 65.9 Å². The third-order valence-electron chi connectivity index (χ3n) is 7.73. The molecule has 0 unspecified atom stereocenters. The Morgan fingerprint density at radius 1 is 1.05 bits per heavy atom. The Bertz CT molecular complexity index is 1330. The fraction of sp³-hybridized carbons (Fsp3) is 0.484. The monoisotopic (exact) mass is 564 g/mol. The van der Waals surface area contributed by atoms with Crippen LogP contribution in [-0.2, 0) is 13.6 Å². The number of carbonyl (C=O) groups excluding carboxylic acids is 1. The second kappa shape index (κ2) is 12.2. The first-order chi connectivity index (χ1) is 19.2. The van der Waals surface area contributed by atoms with E-state index in [9.17, 15) is 4.79 Å². The van der Waals surface area contributed by atoms with E-state index in [0.29, 0.717) is 34.9 Å². The maximum absolute atomic E-state index is 13.7. The molecule has 2 aromatic carbocycles. The Morgan fingerprint density at radius 3 is 2.50 bits per heavy atom. The number of nitrogens with one attached hydrogen (secondary N) is 1. The van der Waals surface area contributed by atoms with Crippen molar-refractivity contribution in [1.82, 2.24) is 19.6 Å². The number of benzene rings is 2. The van der Waals surface area contributed by atoms with Gasteiger partial charge < -0.3 is 24.8 Å². The molecular weight excluding hydrogens is 524 g/mol. The molecule has 3 aromatic rings. The maximum Gasteiger partial charge on any atom is 0.258 e. The number of nitrogens with zero attached hydrogens (tertiary/aromatic N) is 5. The van der Waals surface area contributed by atoms with Crippen LogP contribution in [0, 0.1) is 5.41 Å². The van der Waals surface area contributed by atoms with Crippen LogP contribution in [0.5, 0.6) is 5.75 Å². The number of rotatable bonds is 8. The summed E-state index contributed by atoms with van der Waals surface area (Å²) in [6.07, 6.45) is 3.97. The van der Waals surface area contributed by atoms with Crippen molar-refractivity contribution in [3.63, 3.8) is 0 Å². The number of halogens is 1. The molecular formula is C31H41ClN6O2. The van der Waals surface area contributed by atoms with E-state index in [-0.39, 0.29) is 5.91 Å². The Balaban J connectivity index is 1.14. The molecule has 0 saturated carbocycles. The van der Waals surface area contributed by atoms with Crippen LogP contribution in [0.2, 0.25) is 5.02 Å². The zero-order valence-electron chi connectivity index (χ0n) is 24.1. The van der Waals surface area contributed by atoms with Gasteiger partial charge in [-0.05, 0) is 55.1 Å². The van der Waals surface area contributed by atoms with Crippen molar-refractivity contribution >= 4 is 34.7 Å². The summed E-state index contributed by atoms with van der Waals surface area (Å²) in [5, 5.41) is 8.24. The third kappa shape index (κ3) is 6.79. The SMILES string of the molecule is Cn1ncc2c1Nc1ccccc1N(C(=O)c1ccc(OCCCN3CCN(CCC(C)(C)C)CC3)c(Cl)c1)C2. The van der Waals surface area contributed by atoms with Crippen molar-refractivity contribution < 1.29 is 9.53 Å². The highest BCUT2D eigenvalue weighted by Gasteiger charge is 2.27. The van der Waals surface area contributed by atoms with E-state index in [1.54, 1.807) is 34.0 Å². The summed E-state index contributed by atoms with van der Waals surface area (Å²) in [5.41, 5.74) is 3.53. The lowest BCUT2D eigenvalue weighted by atomic mass is 9.92. The molecule has 0 aliphatic carbocycles. The van der Waals surface area contributed by atoms with Gasteiger partial charge in [-0.2, -0.15) is 5.10 Å². The minimum Gasteiger partial charge on any atom is -0.492 e. The van der Waals surface area contributed by atoms with Gasteiger partial charge in [-0.15, -0.1) is 0 Å². The van der Waals surface area contributed by atoms with E-state index in [1.165, 1.54) is 13.0 Å². The van der Waals surface area contributed by atoms with Crippen molar-refractivity contribution in [2.45, 2.75) is 40.2 Å². The van der Waals surface area contributed by atoms with Gasteiger partial charge in [0.1, 0.15) is 11.6 Å². The molecule has 40 heavy (non-hydrogen) atoms. The number of carbonyl (C=O) groups is 1. The highest BCUT2D eigenvalue weighted by Crippen LogP contribution is 2.36. The van der Waals surface area contributed by atoms with Crippen molar-refractivity contribution in [1.29, 1.82) is 0 Å². The number of amides is 1. The predicted molar refractivity (Wildman–Crippen MR) is 162 cm³/mol. The molecule has 0 radical (unpaired) electrons. The number of fused-ring (bicyclic) bond motifs is 2. The Kier molecular flexibility index (Phi) is 8.68. The van der Waals surface area contributed by atoms with Gasteiger partial charge in [0.15, 0.2) is 0 Å². The Morgan fingerprint density at radius 2 is 1.77 bits per heavy atom. The van der Waals surface area contributed by atoms with Gasteiger partial charge in [0, 0.05) is 50.9 Å². The summed E-state index contributed by atoms with van der Waals surface area (Å²) in [4.78, 5) is 20.6. The molecule has 214 valence electrons. The number of aryl methyl sites for hydroxylation is 1. The molecule has 2 aliphatic heterocycles. The molecule has 5 rings (SSSR count). The summed E-state index contributed by atoms with van der Waals surface area (Å²) >= 11 is 6.60. The normalized spacial score (nSPS) is 16.2. The molecule has 2 aliphatic rings. The number of piperazine rings is 1. The van der Waals surface area contributed by atoms with Crippen LogP contribution in [0.25, 0.3) is 0 Å². The van der Waals surface area contributed by atoms with Crippen molar-refractivity contribution in [2.75, 3.05) is 56.1 Å². The predicted octanol–water partition coefficient (Wildman–Crippen LogP) is 5.80. The van der Waals surface area contributed by atoms with Crippen molar-refractivity contribution in [3.05, 3.63) is 64.8 Å². The van der Waals surface area contributed by atoms with Crippen molar-refractivity contribution in [3.8, 4) is 5.75 Å². The van der Waals surface area contributed by atoms with Crippen LogP contribution < -0.4 is 15.0 Å². The standard InChI is InChI=1S/C31H41ClN6O2/c1-31(2,3)12-14-37-17-15-36(16-18-37)13-7-19-40-28-11-10-23(20-25(28)32)30(39)38-22-24-21-33-35(4)29(24)34-26-8-5-6-9-27(26)38/h5-6,8-11,20-21,34H,7,12-19,22H2,1-4H3. The van der Waals surface area contributed by atoms with Crippen LogP contribution in [0.15, 0.2) is 48.7 Å². The summed E-state index contributed by atoms with van der Waals surface area (Å²) < 4.78 is 7.80. The average Bonchev–Trinajstić information content (AvgIpc) is 3.18. The highest BCUT2D eigenvalue weighted by molar-refractivity contribution is 6.32. The molecule has 3 heterocycles. The van der Waals surface area contributed by atoms with Crippen LogP contribution in [0.1, 0.15) is 49.5 Å². The van der Waals surface area contributed by atoms with E-state index < -0.39 is 0 Å². The minimum atomic E-state index is -0.124. The fourth-order valence-electron chi connectivity index (χ4n) is 5.25. The number of hydrogen-bond donors (Lipinski definition) is 1. The van der Waals surface area contributed by atoms with Gasteiger partial charge in [0.25, 0.3) is 5.91 Å². The second-order valence-electron chi connectivity index (χ2n) is 12.0.